The SMILES string of the molecule is COc1ccccc1Cn1c(C)cc(NCc2ccco2)c(C=O)c1=O. The third-order valence-electron chi connectivity index (χ3n) is 4.22. The van der Waals surface area contributed by atoms with Crippen LogP contribution in [0.1, 0.15) is 27.4 Å². The van der Waals surface area contributed by atoms with E-state index in [1.165, 1.54) is 0 Å². The van der Waals surface area contributed by atoms with Crippen molar-refractivity contribution >= 4 is 12.0 Å². The molecule has 0 spiro atoms. The van der Waals surface area contributed by atoms with Crippen LogP contribution in [0.15, 0.2) is 57.9 Å². The highest BCUT2D eigenvalue weighted by molar-refractivity contribution is 5.83. The number of hydrogen-bond acceptors (Lipinski definition) is 5. The molecule has 3 rings (SSSR count). The number of carbonyl (C=O) groups is 1. The van der Waals surface area contributed by atoms with Crippen LogP contribution >= 0.6 is 0 Å². The Kier molecular flexibility index (Phi) is 5.22. The second-order valence-corrected chi connectivity index (χ2v) is 5.87. The maximum Gasteiger partial charge on any atom is 0.263 e. The molecule has 0 aliphatic heterocycles. The summed E-state index contributed by atoms with van der Waals surface area (Å²) in [7, 11) is 1.59. The van der Waals surface area contributed by atoms with Gasteiger partial charge in [0.25, 0.3) is 5.56 Å². The highest BCUT2D eigenvalue weighted by Gasteiger charge is 2.14. The fourth-order valence-electron chi connectivity index (χ4n) is 2.84. The molecule has 3 aromatic rings. The number of para-hydroxylation sites is 1. The summed E-state index contributed by atoms with van der Waals surface area (Å²) < 4.78 is 12.2. The summed E-state index contributed by atoms with van der Waals surface area (Å²) >= 11 is 0. The molecule has 6 nitrogen and oxygen atoms in total. The molecule has 0 amide bonds. The van der Waals surface area contributed by atoms with Gasteiger partial charge in [-0.3, -0.25) is 9.59 Å². The molecule has 1 N–H and O–H groups in total. The molecule has 0 unspecified atom stereocenters. The van der Waals surface area contributed by atoms with Crippen molar-refractivity contribution in [3.63, 3.8) is 0 Å². The molecule has 0 aliphatic rings. The Bertz CT molecular complexity index is 958. The van der Waals surface area contributed by atoms with E-state index < -0.39 is 0 Å². The van der Waals surface area contributed by atoms with E-state index in [1.54, 1.807) is 30.1 Å². The van der Waals surface area contributed by atoms with Crippen molar-refractivity contribution in [2.24, 2.45) is 0 Å². The number of nitrogens with zero attached hydrogens (tertiary/aromatic N) is 1. The van der Waals surface area contributed by atoms with E-state index in [1.807, 2.05) is 37.3 Å². The lowest BCUT2D eigenvalue weighted by molar-refractivity contribution is 0.112. The Morgan fingerprint density at radius 1 is 1.23 bits per heavy atom. The minimum absolute atomic E-state index is 0.0945. The van der Waals surface area contributed by atoms with Crippen LogP contribution in [0.3, 0.4) is 0 Å². The van der Waals surface area contributed by atoms with Crippen LogP contribution in [0, 0.1) is 6.92 Å². The zero-order valence-corrected chi connectivity index (χ0v) is 14.7. The molecule has 0 saturated carbocycles. The molecule has 0 atom stereocenters. The predicted octanol–water partition coefficient (Wildman–Crippen LogP) is 3.23. The minimum atomic E-state index is -0.340. The molecular formula is C20H20N2O4. The molecule has 26 heavy (non-hydrogen) atoms. The van der Waals surface area contributed by atoms with Gasteiger partial charge in [-0.15, -0.1) is 0 Å². The number of rotatable bonds is 7. The van der Waals surface area contributed by atoms with E-state index in [0.717, 1.165) is 17.0 Å². The van der Waals surface area contributed by atoms with Crippen LogP contribution < -0.4 is 15.6 Å². The van der Waals surface area contributed by atoms with Gasteiger partial charge in [0.15, 0.2) is 6.29 Å². The molecule has 1 aromatic carbocycles. The quantitative estimate of drug-likeness (QED) is 0.661. The van der Waals surface area contributed by atoms with Gasteiger partial charge >= 0.3 is 0 Å². The smallest absolute Gasteiger partial charge is 0.263 e. The van der Waals surface area contributed by atoms with Gasteiger partial charge in [0, 0.05) is 11.3 Å². The highest BCUT2D eigenvalue weighted by Crippen LogP contribution is 2.20. The van der Waals surface area contributed by atoms with Gasteiger partial charge in [-0.1, -0.05) is 18.2 Å². The summed E-state index contributed by atoms with van der Waals surface area (Å²) in [5.41, 5.74) is 1.86. The van der Waals surface area contributed by atoms with Gasteiger partial charge in [-0.2, -0.15) is 0 Å². The molecule has 134 valence electrons. The number of methoxy groups -OCH3 is 1. The summed E-state index contributed by atoms with van der Waals surface area (Å²) in [6.07, 6.45) is 2.17. The lowest BCUT2D eigenvalue weighted by Gasteiger charge is -2.16. The number of nitrogens with one attached hydrogen (secondary N) is 1. The molecule has 0 bridgehead atoms. The standard InChI is InChI=1S/C20H20N2O4/c1-14-10-18(21-11-16-7-5-9-26-16)17(13-23)20(24)22(14)12-15-6-3-4-8-19(15)25-2/h3-10,13,21H,11-12H2,1-2H3. The van der Waals surface area contributed by atoms with Crippen molar-refractivity contribution in [2.45, 2.75) is 20.0 Å². The van der Waals surface area contributed by atoms with Crippen LogP contribution in [0.25, 0.3) is 0 Å². The number of aryl methyl sites for hydroxylation is 1. The number of ether oxygens (including phenoxy) is 1. The first kappa shape index (κ1) is 17.5. The van der Waals surface area contributed by atoms with Gasteiger partial charge < -0.3 is 19.0 Å². The normalized spacial score (nSPS) is 10.5. The van der Waals surface area contributed by atoms with Gasteiger partial charge in [0.05, 0.1) is 32.1 Å². The first-order chi connectivity index (χ1) is 12.6. The monoisotopic (exact) mass is 352 g/mol. The van der Waals surface area contributed by atoms with Crippen molar-refractivity contribution in [3.8, 4) is 5.75 Å². The third-order valence-corrected chi connectivity index (χ3v) is 4.22. The van der Waals surface area contributed by atoms with Crippen molar-refractivity contribution in [2.75, 3.05) is 12.4 Å². The van der Waals surface area contributed by atoms with E-state index in [0.29, 0.717) is 30.8 Å². The molecule has 6 heteroatoms. The number of pyridine rings is 1. The number of hydrogen-bond donors (Lipinski definition) is 1. The summed E-state index contributed by atoms with van der Waals surface area (Å²) in [4.78, 5) is 24.4. The fourth-order valence-corrected chi connectivity index (χ4v) is 2.84. The number of carbonyl (C=O) groups excluding carboxylic acids is 1. The Morgan fingerprint density at radius 2 is 2.04 bits per heavy atom. The second-order valence-electron chi connectivity index (χ2n) is 5.87. The van der Waals surface area contributed by atoms with Crippen molar-refractivity contribution in [3.05, 3.63) is 81.7 Å². The van der Waals surface area contributed by atoms with Crippen LogP contribution in [0.2, 0.25) is 0 Å². The first-order valence-electron chi connectivity index (χ1n) is 8.21. The fraction of sp³-hybridized carbons (Fsp3) is 0.200. The van der Waals surface area contributed by atoms with E-state index in [4.69, 9.17) is 9.15 Å². The zero-order valence-electron chi connectivity index (χ0n) is 14.7. The van der Waals surface area contributed by atoms with E-state index >= 15 is 0 Å². The van der Waals surface area contributed by atoms with Gasteiger partial charge in [0.2, 0.25) is 0 Å². The van der Waals surface area contributed by atoms with E-state index in [2.05, 4.69) is 5.32 Å². The Labute approximate surface area is 151 Å². The number of benzene rings is 1. The van der Waals surface area contributed by atoms with Crippen LogP contribution in [-0.4, -0.2) is 18.0 Å². The predicted molar refractivity (Wildman–Crippen MR) is 99.0 cm³/mol. The van der Waals surface area contributed by atoms with Crippen molar-refractivity contribution in [1.29, 1.82) is 0 Å². The van der Waals surface area contributed by atoms with Crippen LogP contribution in [-0.2, 0) is 13.1 Å². The molecule has 0 fully saturated rings. The summed E-state index contributed by atoms with van der Waals surface area (Å²) in [6, 6.07) is 12.9. The van der Waals surface area contributed by atoms with Crippen molar-refractivity contribution < 1.29 is 13.9 Å². The van der Waals surface area contributed by atoms with Crippen LogP contribution in [0.5, 0.6) is 5.75 Å². The highest BCUT2D eigenvalue weighted by atomic mass is 16.5. The Balaban J connectivity index is 1.94. The molecular weight excluding hydrogens is 332 g/mol. The molecule has 2 heterocycles. The molecule has 2 aromatic heterocycles. The average molecular weight is 352 g/mol. The minimum Gasteiger partial charge on any atom is -0.496 e. The lowest BCUT2D eigenvalue weighted by atomic mass is 10.1. The molecule has 0 saturated heterocycles. The number of anilines is 1. The van der Waals surface area contributed by atoms with E-state index in [-0.39, 0.29) is 11.1 Å². The largest absolute Gasteiger partial charge is 0.496 e. The maximum absolute atomic E-state index is 12.8. The maximum atomic E-state index is 12.8. The van der Waals surface area contributed by atoms with Gasteiger partial charge in [-0.05, 0) is 31.2 Å². The average Bonchev–Trinajstić information content (AvgIpc) is 3.17. The summed E-state index contributed by atoms with van der Waals surface area (Å²) in [6.45, 7) is 2.56. The summed E-state index contributed by atoms with van der Waals surface area (Å²) in [5, 5.41) is 3.10. The number of aromatic nitrogens is 1. The van der Waals surface area contributed by atoms with Crippen LogP contribution in [0.4, 0.5) is 5.69 Å². The second kappa shape index (κ2) is 7.74. The van der Waals surface area contributed by atoms with Gasteiger partial charge in [0.1, 0.15) is 17.1 Å². The van der Waals surface area contributed by atoms with E-state index in [9.17, 15) is 9.59 Å². The molecule has 0 aliphatic carbocycles. The zero-order chi connectivity index (χ0) is 18.5. The summed E-state index contributed by atoms with van der Waals surface area (Å²) in [5.74, 6) is 1.42. The first-order valence-corrected chi connectivity index (χ1v) is 8.21. The Morgan fingerprint density at radius 3 is 2.73 bits per heavy atom. The lowest BCUT2D eigenvalue weighted by Crippen LogP contribution is -2.27. The number of furan rings is 1. The molecule has 0 radical (unpaired) electrons. The Hall–Kier alpha value is -3.28. The third kappa shape index (κ3) is 3.54. The van der Waals surface area contributed by atoms with Gasteiger partial charge in [-0.25, -0.2) is 0 Å². The van der Waals surface area contributed by atoms with Crippen molar-refractivity contribution in [1.82, 2.24) is 4.57 Å². The number of aldehydes is 1. The topological polar surface area (TPSA) is 73.5 Å².